The highest BCUT2D eigenvalue weighted by Crippen LogP contribution is 2.46. The Hall–Kier alpha value is -2.65. The van der Waals surface area contributed by atoms with Gasteiger partial charge in [-0.2, -0.15) is 0 Å². The lowest BCUT2D eigenvalue weighted by molar-refractivity contribution is 0.289. The van der Waals surface area contributed by atoms with Crippen molar-refractivity contribution in [3.05, 3.63) is 83.2 Å². The van der Waals surface area contributed by atoms with E-state index in [1.807, 2.05) is 36.5 Å². The third-order valence-electron chi connectivity index (χ3n) is 5.24. The highest BCUT2D eigenvalue weighted by molar-refractivity contribution is 6.09. The van der Waals surface area contributed by atoms with Crippen LogP contribution in [0.4, 0.5) is 5.69 Å². The number of hydrogen-bond acceptors (Lipinski definition) is 3. The minimum atomic E-state index is -0.677. The quantitative estimate of drug-likeness (QED) is 0.853. The van der Waals surface area contributed by atoms with Crippen molar-refractivity contribution in [2.75, 3.05) is 11.9 Å². The van der Waals surface area contributed by atoms with Crippen LogP contribution in [0.5, 0.6) is 0 Å². The van der Waals surface area contributed by atoms with Gasteiger partial charge in [-0.05, 0) is 23.3 Å². The summed E-state index contributed by atoms with van der Waals surface area (Å²) in [5, 5.41) is 10.4. The number of benzene rings is 2. The molecule has 126 valence electrons. The Morgan fingerprint density at radius 2 is 1.80 bits per heavy atom. The maximum atomic E-state index is 10.4. The van der Waals surface area contributed by atoms with E-state index < -0.39 is 6.10 Å². The fourth-order valence-electron chi connectivity index (χ4n) is 3.83. The van der Waals surface area contributed by atoms with Crippen LogP contribution < -0.4 is 4.90 Å². The molecule has 0 unspecified atom stereocenters. The largest absolute Gasteiger partial charge is 0.383 e. The lowest BCUT2D eigenvalue weighted by Gasteiger charge is -2.24. The van der Waals surface area contributed by atoms with Crippen molar-refractivity contribution in [3.63, 3.8) is 0 Å². The highest BCUT2D eigenvalue weighted by atomic mass is 16.3. The van der Waals surface area contributed by atoms with Gasteiger partial charge in [0.1, 0.15) is 6.10 Å². The number of anilines is 1. The summed E-state index contributed by atoms with van der Waals surface area (Å²) in [6, 6.07) is 16.5. The lowest BCUT2D eigenvalue weighted by Crippen LogP contribution is -2.25. The molecule has 3 nitrogen and oxygen atoms in total. The topological polar surface area (TPSA) is 35.8 Å². The molecular weight excluding hydrogens is 308 g/mol. The number of fused-ring (bicyclic) bond motifs is 2. The number of aliphatic imine (C=N–C) groups is 1. The second-order valence-electron chi connectivity index (χ2n) is 7.12. The van der Waals surface area contributed by atoms with Crippen LogP contribution in [0.1, 0.15) is 30.5 Å². The minimum Gasteiger partial charge on any atom is -0.383 e. The molecule has 1 N–H and O–H groups in total. The number of hydrogen-bond donors (Lipinski definition) is 1. The zero-order valence-corrected chi connectivity index (χ0v) is 14.8. The lowest BCUT2D eigenvalue weighted by atomic mass is 9.84. The van der Waals surface area contributed by atoms with Crippen molar-refractivity contribution >= 4 is 17.5 Å². The number of nitrogens with zero attached hydrogens (tertiary/aromatic N) is 2. The molecule has 0 saturated carbocycles. The maximum absolute atomic E-state index is 10.4. The molecule has 1 aliphatic heterocycles. The first kappa shape index (κ1) is 15.9. The van der Waals surface area contributed by atoms with Crippen molar-refractivity contribution in [3.8, 4) is 0 Å². The first-order valence-corrected chi connectivity index (χ1v) is 8.57. The van der Waals surface area contributed by atoms with E-state index in [1.54, 1.807) is 6.08 Å². The summed E-state index contributed by atoms with van der Waals surface area (Å²) >= 11 is 0. The van der Waals surface area contributed by atoms with Crippen molar-refractivity contribution in [1.29, 1.82) is 0 Å². The van der Waals surface area contributed by atoms with E-state index in [0.29, 0.717) is 5.71 Å². The summed E-state index contributed by atoms with van der Waals surface area (Å²) in [5.41, 5.74) is 6.30. The van der Waals surface area contributed by atoms with Crippen LogP contribution >= 0.6 is 0 Å². The molecule has 1 heterocycles. The molecule has 0 aromatic heterocycles. The van der Waals surface area contributed by atoms with Gasteiger partial charge in [0.2, 0.25) is 0 Å². The third-order valence-corrected chi connectivity index (χ3v) is 5.24. The molecule has 0 fully saturated rings. The molecule has 25 heavy (non-hydrogen) atoms. The van der Waals surface area contributed by atoms with E-state index in [2.05, 4.69) is 50.1 Å². The molecule has 3 heteroatoms. The predicted molar refractivity (Wildman–Crippen MR) is 104 cm³/mol. The fraction of sp³-hybridized carbons (Fsp3) is 0.227. The van der Waals surface area contributed by atoms with Crippen molar-refractivity contribution < 1.29 is 5.11 Å². The van der Waals surface area contributed by atoms with Gasteiger partial charge in [-0.3, -0.25) is 4.99 Å². The molecule has 1 atom stereocenters. The third kappa shape index (κ3) is 2.43. The Morgan fingerprint density at radius 1 is 1.08 bits per heavy atom. The molecule has 1 aliphatic carbocycles. The van der Waals surface area contributed by atoms with E-state index in [4.69, 9.17) is 4.99 Å². The average Bonchev–Trinajstić information content (AvgIpc) is 2.81. The van der Waals surface area contributed by atoms with Gasteiger partial charge >= 0.3 is 0 Å². The smallest absolute Gasteiger partial charge is 0.115 e. The molecule has 0 radical (unpaired) electrons. The summed E-state index contributed by atoms with van der Waals surface area (Å²) in [5.74, 6) is 0. The number of aliphatic hydroxyl groups is 1. The minimum absolute atomic E-state index is 0.121. The molecule has 2 aliphatic rings. The van der Waals surface area contributed by atoms with Gasteiger partial charge in [-0.1, -0.05) is 62.4 Å². The number of para-hydroxylation sites is 1. The zero-order valence-electron chi connectivity index (χ0n) is 14.8. The zero-order chi connectivity index (χ0) is 17.6. The Labute approximate surface area is 148 Å². The van der Waals surface area contributed by atoms with E-state index in [-0.39, 0.29) is 5.41 Å². The van der Waals surface area contributed by atoms with Gasteiger partial charge in [0, 0.05) is 35.6 Å². The summed E-state index contributed by atoms with van der Waals surface area (Å²) in [6.07, 6.45) is 4.98. The van der Waals surface area contributed by atoms with Crippen LogP contribution in [-0.4, -0.2) is 24.0 Å². The summed E-state index contributed by atoms with van der Waals surface area (Å²) in [7, 11) is 2.07. The van der Waals surface area contributed by atoms with Gasteiger partial charge in [0.05, 0.1) is 5.71 Å². The fourth-order valence-corrected chi connectivity index (χ4v) is 3.83. The van der Waals surface area contributed by atoms with Gasteiger partial charge in [-0.25, -0.2) is 0 Å². The molecule has 4 rings (SSSR count). The molecule has 0 amide bonds. The van der Waals surface area contributed by atoms with Crippen molar-refractivity contribution in [1.82, 2.24) is 0 Å². The van der Waals surface area contributed by atoms with Gasteiger partial charge in [-0.15, -0.1) is 0 Å². The highest BCUT2D eigenvalue weighted by Gasteiger charge is 2.38. The van der Waals surface area contributed by atoms with Crippen molar-refractivity contribution in [2.24, 2.45) is 4.99 Å². The summed E-state index contributed by atoms with van der Waals surface area (Å²) in [6.45, 7) is 4.43. The number of aliphatic hydroxyl groups excluding tert-OH is 1. The van der Waals surface area contributed by atoms with E-state index in [0.717, 1.165) is 16.8 Å². The Kier molecular flexibility index (Phi) is 3.62. The van der Waals surface area contributed by atoms with Crippen LogP contribution in [0.25, 0.3) is 6.08 Å². The molecule has 2 aromatic carbocycles. The van der Waals surface area contributed by atoms with Gasteiger partial charge in [0.25, 0.3) is 0 Å². The first-order valence-electron chi connectivity index (χ1n) is 8.57. The monoisotopic (exact) mass is 330 g/mol. The molecular formula is C22H22N2O. The van der Waals surface area contributed by atoms with Gasteiger partial charge < -0.3 is 10.0 Å². The number of allylic oxidation sites excluding steroid dienone is 1. The molecule has 0 saturated heterocycles. The first-order chi connectivity index (χ1) is 12.0. The molecule has 0 spiro atoms. The standard InChI is InChI=1S/C22H22N2O/c1-22(2)17-10-6-7-11-18(17)24(3)20(22)14-23-21-16-9-5-4-8-15(16)12-13-19(21)25/h4-14,19,25H,1-3H3/b20-14+,23-21+/t19-/m0/s1. The van der Waals surface area contributed by atoms with E-state index in [1.165, 1.54) is 11.3 Å². The Morgan fingerprint density at radius 3 is 2.60 bits per heavy atom. The van der Waals surface area contributed by atoms with Crippen molar-refractivity contribution in [2.45, 2.75) is 25.4 Å². The van der Waals surface area contributed by atoms with Crippen LogP contribution in [0, 0.1) is 0 Å². The van der Waals surface area contributed by atoms with Crippen LogP contribution in [0.2, 0.25) is 0 Å². The molecule has 2 aromatic rings. The molecule has 0 bridgehead atoms. The van der Waals surface area contributed by atoms with Crippen LogP contribution in [0.15, 0.2) is 71.5 Å². The number of likely N-dealkylation sites (N-methyl/N-ethyl adjacent to an activating group) is 1. The van der Waals surface area contributed by atoms with Crippen LogP contribution in [0.3, 0.4) is 0 Å². The number of rotatable bonds is 1. The second kappa shape index (κ2) is 5.71. The SMILES string of the molecule is CN1/C(=C/N=C2\c3ccccc3C=C[C@@H]2O)C(C)(C)c2ccccc21. The normalized spacial score (nSPS) is 23.8. The van der Waals surface area contributed by atoms with E-state index in [9.17, 15) is 5.11 Å². The average molecular weight is 330 g/mol. The summed E-state index contributed by atoms with van der Waals surface area (Å²) < 4.78 is 0. The Balaban J connectivity index is 1.80. The maximum Gasteiger partial charge on any atom is 0.115 e. The second-order valence-corrected chi connectivity index (χ2v) is 7.12. The Bertz CT molecular complexity index is 921. The summed E-state index contributed by atoms with van der Waals surface area (Å²) in [4.78, 5) is 6.92. The van der Waals surface area contributed by atoms with Crippen LogP contribution in [-0.2, 0) is 5.41 Å². The van der Waals surface area contributed by atoms with Gasteiger partial charge in [0.15, 0.2) is 0 Å². The predicted octanol–water partition coefficient (Wildman–Crippen LogP) is 4.13. The van der Waals surface area contributed by atoms with E-state index >= 15 is 0 Å².